The number of phenolic OH excluding ortho intramolecular Hbond substituents is 4. The van der Waals surface area contributed by atoms with E-state index in [1.165, 1.54) is 0 Å². The SMILES string of the molecule is CCCC[C@H]1CCCCC[C@@H](C)c2cc(O)c(c(O)c2)[C@@H](CCCC)CCCCC[C@@H](C)c2cc(O)c1c(O)c2. The van der Waals surface area contributed by atoms with E-state index in [0.717, 1.165) is 125 Å². The summed E-state index contributed by atoms with van der Waals surface area (Å²) in [7, 11) is 0. The molecule has 4 N–H and O–H groups in total. The molecule has 2 aromatic rings. The van der Waals surface area contributed by atoms with Gasteiger partial charge in [-0.2, -0.15) is 0 Å². The maximum absolute atomic E-state index is 11.1. The van der Waals surface area contributed by atoms with E-state index in [0.29, 0.717) is 0 Å². The summed E-state index contributed by atoms with van der Waals surface area (Å²) in [5.74, 6) is 1.91. The molecule has 4 nitrogen and oxygen atoms in total. The van der Waals surface area contributed by atoms with Crippen LogP contribution in [0.2, 0.25) is 0 Å². The van der Waals surface area contributed by atoms with Crippen LogP contribution in [0.15, 0.2) is 24.3 Å². The van der Waals surface area contributed by atoms with Gasteiger partial charge in [0.25, 0.3) is 0 Å². The van der Waals surface area contributed by atoms with Crippen molar-refractivity contribution in [3.8, 4) is 23.0 Å². The number of hydrogen-bond donors (Lipinski definition) is 4. The highest BCUT2D eigenvalue weighted by atomic mass is 16.3. The molecule has 4 atom stereocenters. The van der Waals surface area contributed by atoms with Gasteiger partial charge >= 0.3 is 0 Å². The first-order valence-corrected chi connectivity index (χ1v) is 16.4. The van der Waals surface area contributed by atoms with Crippen LogP contribution in [0.4, 0.5) is 0 Å². The molecule has 0 spiro atoms. The van der Waals surface area contributed by atoms with Crippen molar-refractivity contribution in [1.29, 1.82) is 0 Å². The van der Waals surface area contributed by atoms with Gasteiger partial charge in [-0.3, -0.25) is 0 Å². The smallest absolute Gasteiger partial charge is 0.123 e. The van der Waals surface area contributed by atoms with Crippen LogP contribution < -0.4 is 0 Å². The zero-order valence-corrected chi connectivity index (χ0v) is 25.7. The van der Waals surface area contributed by atoms with Gasteiger partial charge in [-0.05, 0) is 97.6 Å². The van der Waals surface area contributed by atoms with Crippen molar-refractivity contribution in [2.24, 2.45) is 0 Å². The molecule has 0 unspecified atom stereocenters. The highest BCUT2D eigenvalue weighted by molar-refractivity contribution is 5.50. The van der Waals surface area contributed by atoms with Crippen molar-refractivity contribution in [3.05, 3.63) is 46.5 Å². The van der Waals surface area contributed by atoms with Gasteiger partial charge in [-0.15, -0.1) is 0 Å². The number of benzene rings is 2. The predicted molar refractivity (Wildman–Crippen MR) is 167 cm³/mol. The Labute approximate surface area is 243 Å². The Morgan fingerprint density at radius 1 is 0.525 bits per heavy atom. The molecule has 0 amide bonds. The predicted octanol–water partition coefficient (Wildman–Crippen LogP) is 10.9. The van der Waals surface area contributed by atoms with Gasteiger partial charge in [-0.25, -0.2) is 0 Å². The monoisotopic (exact) mass is 552 g/mol. The summed E-state index contributed by atoms with van der Waals surface area (Å²) < 4.78 is 0. The van der Waals surface area contributed by atoms with E-state index in [1.807, 2.05) is 24.3 Å². The summed E-state index contributed by atoms with van der Waals surface area (Å²) in [5, 5.41) is 44.2. The number of unbranched alkanes of at least 4 members (excludes halogenated alkanes) is 2. The molecule has 0 heterocycles. The van der Waals surface area contributed by atoms with E-state index in [4.69, 9.17) is 0 Å². The average molecular weight is 553 g/mol. The maximum atomic E-state index is 11.1. The topological polar surface area (TPSA) is 80.9 Å². The number of rotatable bonds is 6. The summed E-state index contributed by atoms with van der Waals surface area (Å²) in [6.45, 7) is 8.75. The van der Waals surface area contributed by atoms with Gasteiger partial charge in [0.1, 0.15) is 23.0 Å². The van der Waals surface area contributed by atoms with Gasteiger partial charge < -0.3 is 20.4 Å². The highest BCUT2D eigenvalue weighted by Crippen LogP contribution is 2.44. The second-order valence-electron chi connectivity index (χ2n) is 12.7. The van der Waals surface area contributed by atoms with Crippen LogP contribution in [0.3, 0.4) is 0 Å². The van der Waals surface area contributed by atoms with Gasteiger partial charge in [0.15, 0.2) is 0 Å². The van der Waals surface area contributed by atoms with Crippen molar-refractivity contribution in [2.75, 3.05) is 0 Å². The average Bonchev–Trinajstić information content (AvgIpc) is 2.91. The molecule has 6 rings (SSSR count). The second kappa shape index (κ2) is 16.2. The van der Waals surface area contributed by atoms with E-state index >= 15 is 0 Å². The number of phenols is 4. The fourth-order valence-corrected chi connectivity index (χ4v) is 6.83. The lowest BCUT2D eigenvalue weighted by Gasteiger charge is -2.23. The first kappa shape index (κ1) is 32.2. The van der Waals surface area contributed by atoms with Crippen LogP contribution in [0.25, 0.3) is 0 Å². The highest BCUT2D eigenvalue weighted by Gasteiger charge is 2.23. The third kappa shape index (κ3) is 8.82. The zero-order chi connectivity index (χ0) is 29.1. The van der Waals surface area contributed by atoms with Crippen molar-refractivity contribution < 1.29 is 20.4 Å². The Morgan fingerprint density at radius 2 is 0.850 bits per heavy atom. The minimum Gasteiger partial charge on any atom is -0.508 e. The first-order valence-electron chi connectivity index (χ1n) is 16.4. The maximum Gasteiger partial charge on any atom is 0.123 e. The van der Waals surface area contributed by atoms with E-state index in [1.54, 1.807) is 0 Å². The number of hydrogen-bond acceptors (Lipinski definition) is 4. The van der Waals surface area contributed by atoms with Gasteiger partial charge in [-0.1, -0.05) is 91.9 Å². The molecule has 4 aliphatic carbocycles. The lowest BCUT2D eigenvalue weighted by molar-refractivity contribution is 0.403. The Morgan fingerprint density at radius 3 is 1.18 bits per heavy atom. The van der Waals surface area contributed by atoms with E-state index in [9.17, 15) is 20.4 Å². The fourth-order valence-electron chi connectivity index (χ4n) is 6.83. The minimum atomic E-state index is 0.168. The lowest BCUT2D eigenvalue weighted by atomic mass is 9.83. The second-order valence-corrected chi connectivity index (χ2v) is 12.7. The third-order valence-electron chi connectivity index (χ3n) is 9.46. The standard InChI is InChI=1S/C36H56O4/c1-5-7-17-27-19-13-9-11-15-26(4)30-23-33(39)36(34(40)24-30)28(18-8-6-2)20-14-10-12-16-25(3)29-21-31(37)35(27)32(38)22-29/h21-28,37-40H,5-20H2,1-4H3/t25-,26-,27+,28+/m1/s1. The minimum absolute atomic E-state index is 0.168. The fraction of sp³-hybridized carbons (Fsp3) is 0.667. The normalized spacial score (nSPS) is 23.5. The quantitative estimate of drug-likeness (QED) is 0.287. The molecule has 0 aromatic heterocycles. The molecular formula is C36H56O4. The van der Waals surface area contributed by atoms with Crippen LogP contribution in [0.1, 0.15) is 176 Å². The van der Waals surface area contributed by atoms with Crippen LogP contribution in [0, 0.1) is 0 Å². The van der Waals surface area contributed by atoms with E-state index < -0.39 is 0 Å². The Hall–Kier alpha value is -2.36. The van der Waals surface area contributed by atoms with Gasteiger partial charge in [0.2, 0.25) is 0 Å². The molecule has 224 valence electrons. The Bertz CT molecular complexity index is 916. The molecule has 4 heteroatoms. The molecule has 4 aliphatic rings. The molecule has 0 saturated heterocycles. The Kier molecular flexibility index (Phi) is 13.0. The first-order chi connectivity index (χ1) is 19.3. The molecule has 0 aliphatic heterocycles. The molecule has 2 aromatic carbocycles. The van der Waals surface area contributed by atoms with Crippen molar-refractivity contribution in [1.82, 2.24) is 0 Å². The zero-order valence-electron chi connectivity index (χ0n) is 25.7. The van der Waals surface area contributed by atoms with Crippen molar-refractivity contribution >= 4 is 0 Å². The van der Waals surface area contributed by atoms with E-state index in [-0.39, 0.29) is 46.7 Å². The Balaban J connectivity index is 1.84. The van der Waals surface area contributed by atoms with Crippen LogP contribution in [0.5, 0.6) is 23.0 Å². The summed E-state index contributed by atoms with van der Waals surface area (Å²) in [4.78, 5) is 0. The molecular weight excluding hydrogens is 496 g/mol. The molecule has 0 radical (unpaired) electrons. The molecule has 0 fully saturated rings. The van der Waals surface area contributed by atoms with E-state index in [2.05, 4.69) is 27.7 Å². The van der Waals surface area contributed by atoms with Crippen LogP contribution >= 0.6 is 0 Å². The molecule has 0 saturated carbocycles. The molecule has 40 heavy (non-hydrogen) atoms. The van der Waals surface area contributed by atoms with Crippen molar-refractivity contribution in [2.45, 2.75) is 154 Å². The largest absolute Gasteiger partial charge is 0.508 e. The number of aromatic hydroxyl groups is 4. The third-order valence-corrected chi connectivity index (χ3v) is 9.46. The van der Waals surface area contributed by atoms with Gasteiger partial charge in [0.05, 0.1) is 0 Å². The summed E-state index contributed by atoms with van der Waals surface area (Å²) in [5.41, 5.74) is 3.51. The van der Waals surface area contributed by atoms with Crippen molar-refractivity contribution in [3.63, 3.8) is 0 Å². The van der Waals surface area contributed by atoms with Crippen LogP contribution in [-0.4, -0.2) is 20.4 Å². The van der Waals surface area contributed by atoms with Crippen LogP contribution in [-0.2, 0) is 0 Å². The molecule has 4 bridgehead atoms. The summed E-state index contributed by atoms with van der Waals surface area (Å²) >= 11 is 0. The summed E-state index contributed by atoms with van der Waals surface area (Å²) in [6.07, 6.45) is 16.6. The van der Waals surface area contributed by atoms with Gasteiger partial charge in [0, 0.05) is 11.1 Å². The summed E-state index contributed by atoms with van der Waals surface area (Å²) in [6, 6.07) is 7.62. The lowest BCUT2D eigenvalue weighted by Crippen LogP contribution is -2.04.